The zero-order valence-electron chi connectivity index (χ0n) is 11.1. The lowest BCUT2D eigenvalue weighted by molar-refractivity contribution is -0.129. The molecular weight excluding hydrogens is 304 g/mol. The Kier molecular flexibility index (Phi) is 6.47. The van der Waals surface area contributed by atoms with Crippen molar-refractivity contribution in [1.82, 2.24) is 10.6 Å². The lowest BCUT2D eigenvalue weighted by atomic mass is 10.3. The number of amides is 3. The first-order chi connectivity index (χ1) is 9.47. The van der Waals surface area contributed by atoms with Crippen molar-refractivity contribution in [2.75, 3.05) is 13.7 Å². The van der Waals surface area contributed by atoms with Crippen molar-refractivity contribution in [3.05, 3.63) is 16.0 Å². The number of carbonyl (C=O) groups excluding carboxylic acids is 3. The third-order valence-corrected chi connectivity index (χ3v) is 3.49. The van der Waals surface area contributed by atoms with Crippen LogP contribution in [0.1, 0.15) is 30.1 Å². The van der Waals surface area contributed by atoms with E-state index in [-0.39, 0.29) is 24.4 Å². The predicted molar refractivity (Wildman–Crippen MR) is 76.3 cm³/mol. The monoisotopic (exact) mass is 318 g/mol. The van der Waals surface area contributed by atoms with Gasteiger partial charge in [0.05, 0.1) is 23.6 Å². The SMILES string of the molecule is CCCC(=O)NC(=O)CNC(=O)c1cc(Cl)sc1OC. The van der Waals surface area contributed by atoms with Gasteiger partial charge in [0.2, 0.25) is 11.8 Å². The van der Waals surface area contributed by atoms with Crippen molar-refractivity contribution in [3.8, 4) is 5.06 Å². The summed E-state index contributed by atoms with van der Waals surface area (Å²) in [6, 6.07) is 1.46. The highest BCUT2D eigenvalue weighted by molar-refractivity contribution is 7.18. The van der Waals surface area contributed by atoms with Gasteiger partial charge in [-0.2, -0.15) is 0 Å². The van der Waals surface area contributed by atoms with Gasteiger partial charge in [-0.1, -0.05) is 29.9 Å². The molecule has 1 aromatic heterocycles. The smallest absolute Gasteiger partial charge is 0.256 e. The minimum absolute atomic E-state index is 0.259. The molecule has 6 nitrogen and oxygen atoms in total. The Morgan fingerprint density at radius 3 is 2.65 bits per heavy atom. The third-order valence-electron chi connectivity index (χ3n) is 2.26. The topological polar surface area (TPSA) is 84.5 Å². The molecule has 0 spiro atoms. The Labute approximate surface area is 125 Å². The summed E-state index contributed by atoms with van der Waals surface area (Å²) in [6.45, 7) is 1.54. The summed E-state index contributed by atoms with van der Waals surface area (Å²) in [5, 5.41) is 4.94. The molecule has 0 unspecified atom stereocenters. The van der Waals surface area contributed by atoms with Gasteiger partial charge in [0.1, 0.15) is 0 Å². The Balaban J connectivity index is 2.50. The molecule has 20 heavy (non-hydrogen) atoms. The molecule has 0 aliphatic rings. The van der Waals surface area contributed by atoms with E-state index >= 15 is 0 Å². The van der Waals surface area contributed by atoms with Crippen LogP contribution in [0.5, 0.6) is 5.06 Å². The van der Waals surface area contributed by atoms with Crippen LogP contribution < -0.4 is 15.4 Å². The summed E-state index contributed by atoms with van der Waals surface area (Å²) < 4.78 is 5.42. The molecule has 0 fully saturated rings. The molecule has 3 amide bonds. The van der Waals surface area contributed by atoms with Gasteiger partial charge in [-0.3, -0.25) is 19.7 Å². The summed E-state index contributed by atoms with van der Waals surface area (Å²) in [6.07, 6.45) is 0.920. The van der Waals surface area contributed by atoms with Gasteiger partial charge in [-0.05, 0) is 12.5 Å². The third kappa shape index (κ3) is 4.82. The number of imide groups is 1. The maximum Gasteiger partial charge on any atom is 0.256 e. The van der Waals surface area contributed by atoms with E-state index in [0.29, 0.717) is 15.8 Å². The maximum atomic E-state index is 11.8. The lowest BCUT2D eigenvalue weighted by Gasteiger charge is -2.06. The molecule has 1 aromatic rings. The first-order valence-corrected chi connectivity index (χ1v) is 7.11. The molecule has 0 saturated carbocycles. The van der Waals surface area contributed by atoms with Crippen LogP contribution in [0.2, 0.25) is 4.34 Å². The summed E-state index contributed by atoms with van der Waals surface area (Å²) in [5.74, 6) is -1.40. The van der Waals surface area contributed by atoms with Crippen molar-refractivity contribution in [1.29, 1.82) is 0 Å². The largest absolute Gasteiger partial charge is 0.487 e. The molecule has 1 rings (SSSR count). The average molecular weight is 319 g/mol. The van der Waals surface area contributed by atoms with Crippen molar-refractivity contribution in [2.24, 2.45) is 0 Å². The van der Waals surface area contributed by atoms with Crippen LogP contribution in [0.4, 0.5) is 0 Å². The quantitative estimate of drug-likeness (QED) is 0.834. The number of hydrogen-bond acceptors (Lipinski definition) is 5. The molecule has 2 N–H and O–H groups in total. The highest BCUT2D eigenvalue weighted by atomic mass is 35.5. The minimum atomic E-state index is -0.558. The van der Waals surface area contributed by atoms with Crippen LogP contribution in [0, 0.1) is 0 Å². The van der Waals surface area contributed by atoms with Gasteiger partial charge < -0.3 is 10.1 Å². The molecule has 8 heteroatoms. The van der Waals surface area contributed by atoms with Crippen LogP contribution in [0.15, 0.2) is 6.07 Å². The highest BCUT2D eigenvalue weighted by Gasteiger charge is 2.17. The van der Waals surface area contributed by atoms with Crippen LogP contribution >= 0.6 is 22.9 Å². The summed E-state index contributed by atoms with van der Waals surface area (Å²) in [7, 11) is 1.43. The molecular formula is C12H15ClN2O4S. The molecule has 0 aliphatic carbocycles. The van der Waals surface area contributed by atoms with Crippen LogP contribution in [0.25, 0.3) is 0 Å². The first-order valence-electron chi connectivity index (χ1n) is 5.92. The molecule has 0 bridgehead atoms. The van der Waals surface area contributed by atoms with Gasteiger partial charge in [-0.15, -0.1) is 0 Å². The van der Waals surface area contributed by atoms with E-state index < -0.39 is 11.8 Å². The van der Waals surface area contributed by atoms with Gasteiger partial charge in [0, 0.05) is 6.42 Å². The van der Waals surface area contributed by atoms with E-state index in [2.05, 4.69) is 10.6 Å². The van der Waals surface area contributed by atoms with E-state index in [1.807, 2.05) is 6.92 Å². The highest BCUT2D eigenvalue weighted by Crippen LogP contribution is 2.33. The van der Waals surface area contributed by atoms with Crippen LogP contribution in [0.3, 0.4) is 0 Å². The number of carbonyl (C=O) groups is 3. The number of ether oxygens (including phenoxy) is 1. The van der Waals surface area contributed by atoms with Gasteiger partial charge >= 0.3 is 0 Å². The normalized spacial score (nSPS) is 9.95. The number of rotatable bonds is 6. The van der Waals surface area contributed by atoms with Crippen LogP contribution in [-0.4, -0.2) is 31.4 Å². The fourth-order valence-corrected chi connectivity index (χ4v) is 2.42. The fourth-order valence-electron chi connectivity index (χ4n) is 1.40. The summed E-state index contributed by atoms with van der Waals surface area (Å²) >= 11 is 6.91. The standard InChI is InChI=1S/C12H15ClN2O4S/c1-3-4-9(16)15-10(17)6-14-11(18)7-5-8(13)20-12(7)19-2/h5H,3-4,6H2,1-2H3,(H,14,18)(H,15,16,17). The Morgan fingerprint density at radius 2 is 2.05 bits per heavy atom. The zero-order chi connectivity index (χ0) is 15.1. The zero-order valence-corrected chi connectivity index (χ0v) is 12.7. The Morgan fingerprint density at radius 1 is 1.35 bits per heavy atom. The second-order valence-corrected chi connectivity index (χ2v) is 5.51. The van der Waals surface area contributed by atoms with E-state index in [9.17, 15) is 14.4 Å². The van der Waals surface area contributed by atoms with E-state index in [4.69, 9.17) is 16.3 Å². The molecule has 0 radical (unpaired) electrons. The first kappa shape index (κ1) is 16.5. The maximum absolute atomic E-state index is 11.8. The number of methoxy groups -OCH3 is 1. The van der Waals surface area contributed by atoms with Gasteiger partial charge in [-0.25, -0.2) is 0 Å². The van der Waals surface area contributed by atoms with Crippen molar-refractivity contribution < 1.29 is 19.1 Å². The van der Waals surface area contributed by atoms with Crippen LogP contribution in [-0.2, 0) is 9.59 Å². The van der Waals surface area contributed by atoms with E-state index in [0.717, 1.165) is 11.3 Å². The minimum Gasteiger partial charge on any atom is -0.487 e. The summed E-state index contributed by atoms with van der Waals surface area (Å²) in [4.78, 5) is 34.5. The molecule has 110 valence electrons. The number of hydrogen-bond donors (Lipinski definition) is 2. The second kappa shape index (κ2) is 7.86. The van der Waals surface area contributed by atoms with Crippen molar-refractivity contribution in [2.45, 2.75) is 19.8 Å². The number of nitrogens with one attached hydrogen (secondary N) is 2. The van der Waals surface area contributed by atoms with E-state index in [1.54, 1.807) is 0 Å². The lowest BCUT2D eigenvalue weighted by Crippen LogP contribution is -2.39. The number of halogens is 1. The molecule has 0 saturated heterocycles. The summed E-state index contributed by atoms with van der Waals surface area (Å²) in [5.41, 5.74) is 0.259. The van der Waals surface area contributed by atoms with Crippen molar-refractivity contribution in [3.63, 3.8) is 0 Å². The molecule has 1 heterocycles. The van der Waals surface area contributed by atoms with Gasteiger partial charge in [0.25, 0.3) is 5.91 Å². The molecule has 0 atom stereocenters. The Hall–Kier alpha value is -1.60. The van der Waals surface area contributed by atoms with Crippen molar-refractivity contribution >= 4 is 40.7 Å². The molecule has 0 aromatic carbocycles. The Bertz CT molecular complexity index is 516. The van der Waals surface area contributed by atoms with E-state index in [1.165, 1.54) is 13.2 Å². The fraction of sp³-hybridized carbons (Fsp3) is 0.417. The molecule has 0 aliphatic heterocycles. The van der Waals surface area contributed by atoms with Gasteiger partial charge in [0.15, 0.2) is 5.06 Å². The predicted octanol–water partition coefficient (Wildman–Crippen LogP) is 1.58. The average Bonchev–Trinajstić information content (AvgIpc) is 2.77. The number of thiophene rings is 1. The second-order valence-electron chi connectivity index (χ2n) is 3.86.